The number of carboxylic acids is 1. The van der Waals surface area contributed by atoms with E-state index in [1.807, 2.05) is 12.1 Å². The second-order valence-corrected chi connectivity index (χ2v) is 7.88. The molecule has 5 heteroatoms. The Morgan fingerprint density at radius 2 is 1.47 bits per heavy atom. The molecular formula is C25H24ClNO3. The van der Waals surface area contributed by atoms with Crippen molar-refractivity contribution in [1.29, 1.82) is 0 Å². The first-order chi connectivity index (χ1) is 14.6. The van der Waals surface area contributed by atoms with Gasteiger partial charge in [0, 0.05) is 29.4 Å². The van der Waals surface area contributed by atoms with Crippen LogP contribution in [0, 0.1) is 0 Å². The predicted octanol–water partition coefficient (Wildman–Crippen LogP) is 6.20. The van der Waals surface area contributed by atoms with Gasteiger partial charge in [0.1, 0.15) is 5.75 Å². The lowest BCUT2D eigenvalue weighted by Gasteiger charge is -2.28. The van der Waals surface area contributed by atoms with Crippen molar-refractivity contribution < 1.29 is 14.6 Å². The zero-order valence-electron chi connectivity index (χ0n) is 16.6. The van der Waals surface area contributed by atoms with Crippen LogP contribution in [-0.4, -0.2) is 24.2 Å². The van der Waals surface area contributed by atoms with E-state index in [2.05, 4.69) is 29.2 Å². The number of carboxylic acid groups (broad SMARTS) is 1. The molecule has 0 amide bonds. The minimum Gasteiger partial charge on any atom is -0.478 e. The van der Waals surface area contributed by atoms with Gasteiger partial charge in [0.25, 0.3) is 0 Å². The zero-order valence-corrected chi connectivity index (χ0v) is 17.4. The predicted molar refractivity (Wildman–Crippen MR) is 120 cm³/mol. The molecule has 1 saturated heterocycles. The lowest BCUT2D eigenvalue weighted by atomic mass is 10.0. The molecule has 0 saturated carbocycles. The van der Waals surface area contributed by atoms with Crippen LogP contribution in [0.15, 0.2) is 72.8 Å². The SMILES string of the molecule is O=C(O)C(Oc1ccc(-c2ccc(N3CCCCC3)cc2)cc1)c1ccccc1Cl. The molecule has 0 radical (unpaired) electrons. The second-order valence-electron chi connectivity index (χ2n) is 7.48. The van der Waals surface area contributed by atoms with E-state index >= 15 is 0 Å². The van der Waals surface area contributed by atoms with Gasteiger partial charge < -0.3 is 14.7 Å². The summed E-state index contributed by atoms with van der Waals surface area (Å²) in [5.74, 6) is -0.600. The third-order valence-electron chi connectivity index (χ3n) is 5.44. The molecule has 4 rings (SSSR count). The lowest BCUT2D eigenvalue weighted by molar-refractivity contribution is -0.145. The van der Waals surface area contributed by atoms with Crippen molar-refractivity contribution in [2.75, 3.05) is 18.0 Å². The number of nitrogens with zero attached hydrogens (tertiary/aromatic N) is 1. The van der Waals surface area contributed by atoms with Gasteiger partial charge in [-0.05, 0) is 60.7 Å². The molecule has 1 unspecified atom stereocenters. The maximum absolute atomic E-state index is 11.7. The first-order valence-corrected chi connectivity index (χ1v) is 10.6. The quantitative estimate of drug-likeness (QED) is 0.514. The van der Waals surface area contributed by atoms with Crippen molar-refractivity contribution in [3.63, 3.8) is 0 Å². The van der Waals surface area contributed by atoms with Crippen LogP contribution in [0.4, 0.5) is 5.69 Å². The lowest BCUT2D eigenvalue weighted by Crippen LogP contribution is -2.29. The number of halogens is 1. The Hall–Kier alpha value is -2.98. The molecule has 4 nitrogen and oxygen atoms in total. The first-order valence-electron chi connectivity index (χ1n) is 10.2. The Bertz CT molecular complexity index is 996. The number of rotatable bonds is 6. The summed E-state index contributed by atoms with van der Waals surface area (Å²) in [4.78, 5) is 14.2. The number of ether oxygens (including phenoxy) is 1. The third kappa shape index (κ3) is 4.60. The van der Waals surface area contributed by atoms with E-state index in [0.29, 0.717) is 16.3 Å². The van der Waals surface area contributed by atoms with Gasteiger partial charge in [-0.25, -0.2) is 4.79 Å². The van der Waals surface area contributed by atoms with Crippen molar-refractivity contribution in [2.45, 2.75) is 25.4 Å². The summed E-state index contributed by atoms with van der Waals surface area (Å²) in [6, 6.07) is 22.9. The van der Waals surface area contributed by atoms with Crippen molar-refractivity contribution in [2.24, 2.45) is 0 Å². The zero-order chi connectivity index (χ0) is 20.9. The smallest absolute Gasteiger partial charge is 0.349 e. The van der Waals surface area contributed by atoms with E-state index < -0.39 is 12.1 Å². The number of anilines is 1. The molecular weight excluding hydrogens is 398 g/mol. The Kier molecular flexibility index (Phi) is 6.24. The molecule has 1 heterocycles. The number of benzene rings is 3. The van der Waals surface area contributed by atoms with Crippen LogP contribution in [0.2, 0.25) is 5.02 Å². The molecule has 1 N–H and O–H groups in total. The Morgan fingerprint density at radius 1 is 0.867 bits per heavy atom. The van der Waals surface area contributed by atoms with Crippen LogP contribution in [0.1, 0.15) is 30.9 Å². The second kappa shape index (κ2) is 9.23. The van der Waals surface area contributed by atoms with Gasteiger partial charge >= 0.3 is 5.97 Å². The number of hydrogen-bond donors (Lipinski definition) is 1. The van der Waals surface area contributed by atoms with E-state index in [1.165, 1.54) is 24.9 Å². The van der Waals surface area contributed by atoms with Gasteiger partial charge in [-0.3, -0.25) is 0 Å². The molecule has 1 atom stereocenters. The van der Waals surface area contributed by atoms with Gasteiger partial charge in [0.05, 0.1) is 0 Å². The largest absolute Gasteiger partial charge is 0.478 e. The van der Waals surface area contributed by atoms with Crippen molar-refractivity contribution in [3.8, 4) is 16.9 Å². The molecule has 154 valence electrons. The highest BCUT2D eigenvalue weighted by Crippen LogP contribution is 2.30. The topological polar surface area (TPSA) is 49.8 Å². The number of aliphatic carboxylic acids is 1. The standard InChI is InChI=1S/C25H24ClNO3/c26-23-7-3-2-6-22(23)24(25(28)29)30-21-14-10-19(11-15-21)18-8-12-20(13-9-18)27-16-4-1-5-17-27/h2-3,6-15,24H,1,4-5,16-17H2,(H,28,29). The fraction of sp³-hybridized carbons (Fsp3) is 0.240. The summed E-state index contributed by atoms with van der Waals surface area (Å²) in [6.07, 6.45) is 2.68. The van der Waals surface area contributed by atoms with E-state index in [0.717, 1.165) is 24.2 Å². The molecule has 1 aliphatic heterocycles. The molecule has 0 aromatic heterocycles. The molecule has 1 fully saturated rings. The number of piperidine rings is 1. The highest BCUT2D eigenvalue weighted by Gasteiger charge is 2.24. The van der Waals surface area contributed by atoms with Crippen LogP contribution in [0.3, 0.4) is 0 Å². The van der Waals surface area contributed by atoms with E-state index in [1.54, 1.807) is 36.4 Å². The van der Waals surface area contributed by atoms with Crippen molar-refractivity contribution in [3.05, 3.63) is 83.4 Å². The van der Waals surface area contributed by atoms with Crippen LogP contribution in [0.5, 0.6) is 5.75 Å². The van der Waals surface area contributed by atoms with Crippen molar-refractivity contribution in [1.82, 2.24) is 0 Å². The summed E-state index contributed by atoms with van der Waals surface area (Å²) in [6.45, 7) is 2.25. The van der Waals surface area contributed by atoms with Crippen LogP contribution < -0.4 is 9.64 Å². The number of hydrogen-bond acceptors (Lipinski definition) is 3. The maximum atomic E-state index is 11.7. The summed E-state index contributed by atoms with van der Waals surface area (Å²) in [7, 11) is 0. The molecule has 1 aliphatic rings. The average Bonchev–Trinajstić information content (AvgIpc) is 2.79. The monoisotopic (exact) mass is 421 g/mol. The Labute approximate surface area is 181 Å². The van der Waals surface area contributed by atoms with E-state index in [-0.39, 0.29) is 0 Å². The number of carbonyl (C=O) groups is 1. The molecule has 30 heavy (non-hydrogen) atoms. The molecule has 3 aromatic rings. The molecule has 0 spiro atoms. The van der Waals surface area contributed by atoms with Gasteiger partial charge in [-0.2, -0.15) is 0 Å². The summed E-state index contributed by atoms with van der Waals surface area (Å²) >= 11 is 6.16. The third-order valence-corrected chi connectivity index (χ3v) is 5.79. The van der Waals surface area contributed by atoms with E-state index in [9.17, 15) is 9.90 Å². The molecule has 0 aliphatic carbocycles. The fourth-order valence-corrected chi connectivity index (χ4v) is 4.05. The van der Waals surface area contributed by atoms with Gasteiger partial charge in [-0.1, -0.05) is 54.1 Å². The normalized spacial score (nSPS) is 14.9. The van der Waals surface area contributed by atoms with Crippen LogP contribution in [0.25, 0.3) is 11.1 Å². The van der Waals surface area contributed by atoms with Crippen LogP contribution >= 0.6 is 11.6 Å². The highest BCUT2D eigenvalue weighted by atomic mass is 35.5. The summed E-state index contributed by atoms with van der Waals surface area (Å²) < 4.78 is 5.74. The highest BCUT2D eigenvalue weighted by molar-refractivity contribution is 6.31. The average molecular weight is 422 g/mol. The summed E-state index contributed by atoms with van der Waals surface area (Å²) in [5.41, 5.74) is 3.87. The van der Waals surface area contributed by atoms with Gasteiger partial charge in [-0.15, -0.1) is 0 Å². The fourth-order valence-electron chi connectivity index (χ4n) is 3.81. The van der Waals surface area contributed by atoms with Crippen LogP contribution in [-0.2, 0) is 4.79 Å². The van der Waals surface area contributed by atoms with Crippen molar-refractivity contribution >= 4 is 23.3 Å². The molecule has 3 aromatic carbocycles. The first kappa shape index (κ1) is 20.3. The van der Waals surface area contributed by atoms with Gasteiger partial charge in [0.15, 0.2) is 0 Å². The molecule has 0 bridgehead atoms. The summed E-state index contributed by atoms with van der Waals surface area (Å²) in [5, 5.41) is 9.96. The minimum absolute atomic E-state index is 0.371. The van der Waals surface area contributed by atoms with Gasteiger partial charge in [0.2, 0.25) is 6.10 Å². The Balaban J connectivity index is 1.48. The Morgan fingerprint density at radius 3 is 2.07 bits per heavy atom. The maximum Gasteiger partial charge on any atom is 0.349 e. The van der Waals surface area contributed by atoms with E-state index in [4.69, 9.17) is 16.3 Å². The minimum atomic E-state index is -1.16.